The molecule has 3 heterocycles. The van der Waals surface area contributed by atoms with Crippen molar-refractivity contribution in [3.8, 4) is 28.5 Å². The van der Waals surface area contributed by atoms with Gasteiger partial charge in [0.2, 0.25) is 6.79 Å². The third-order valence-electron chi connectivity index (χ3n) is 5.43. The molecule has 3 aromatic rings. The summed E-state index contributed by atoms with van der Waals surface area (Å²) in [6, 6.07) is 15.3. The third-order valence-corrected chi connectivity index (χ3v) is 5.43. The normalized spacial score (nSPS) is 15.0. The van der Waals surface area contributed by atoms with Gasteiger partial charge in [-0.1, -0.05) is 6.07 Å². The van der Waals surface area contributed by atoms with E-state index in [-0.39, 0.29) is 19.3 Å². The van der Waals surface area contributed by atoms with Crippen LogP contribution in [0, 0.1) is 5.82 Å². The Kier molecular flexibility index (Phi) is 5.45. The average molecular weight is 436 g/mol. The first-order valence-electron chi connectivity index (χ1n) is 10.3. The van der Waals surface area contributed by atoms with Crippen molar-refractivity contribution in [2.24, 2.45) is 0 Å². The molecular formula is C23H21FN4O4. The number of amides is 1. The molecule has 32 heavy (non-hydrogen) atoms. The lowest BCUT2D eigenvalue weighted by Crippen LogP contribution is -2.50. The number of ether oxygens (including phenoxy) is 3. The van der Waals surface area contributed by atoms with Crippen LogP contribution in [0.5, 0.6) is 17.2 Å². The van der Waals surface area contributed by atoms with Crippen molar-refractivity contribution in [1.29, 1.82) is 0 Å². The van der Waals surface area contributed by atoms with E-state index in [0.29, 0.717) is 37.7 Å². The van der Waals surface area contributed by atoms with Gasteiger partial charge in [-0.25, -0.2) is 4.39 Å². The molecule has 2 aliphatic rings. The second-order valence-corrected chi connectivity index (χ2v) is 7.46. The van der Waals surface area contributed by atoms with Gasteiger partial charge in [-0.05, 0) is 42.5 Å². The molecule has 164 valence electrons. The highest BCUT2D eigenvalue weighted by Gasteiger charge is 2.23. The maximum absolute atomic E-state index is 13.2. The lowest BCUT2D eigenvalue weighted by atomic mass is 10.1. The van der Waals surface area contributed by atoms with Crippen LogP contribution in [-0.4, -0.2) is 60.6 Å². The molecular weight excluding hydrogens is 415 g/mol. The van der Waals surface area contributed by atoms with E-state index in [1.807, 2.05) is 30.3 Å². The van der Waals surface area contributed by atoms with Crippen molar-refractivity contribution in [3.63, 3.8) is 0 Å². The van der Waals surface area contributed by atoms with Crippen LogP contribution < -0.4 is 19.1 Å². The number of aromatic nitrogens is 2. The molecule has 5 rings (SSSR count). The second kappa shape index (κ2) is 8.70. The first-order valence-corrected chi connectivity index (χ1v) is 10.3. The Bertz CT molecular complexity index is 1120. The number of carbonyl (C=O) groups is 1. The van der Waals surface area contributed by atoms with Crippen LogP contribution in [0.25, 0.3) is 11.3 Å². The first-order chi connectivity index (χ1) is 15.7. The van der Waals surface area contributed by atoms with E-state index in [4.69, 9.17) is 14.2 Å². The number of hydrogen-bond acceptors (Lipinski definition) is 7. The number of halogens is 1. The van der Waals surface area contributed by atoms with E-state index >= 15 is 0 Å². The van der Waals surface area contributed by atoms with E-state index in [0.717, 1.165) is 22.8 Å². The quantitative estimate of drug-likeness (QED) is 0.609. The van der Waals surface area contributed by atoms with Crippen LogP contribution >= 0.6 is 0 Å². The number of hydrogen-bond donors (Lipinski definition) is 0. The lowest BCUT2D eigenvalue weighted by molar-refractivity contribution is -0.133. The molecule has 0 radical (unpaired) electrons. The number of fused-ring (bicyclic) bond motifs is 1. The average Bonchev–Trinajstić information content (AvgIpc) is 3.31. The number of benzene rings is 2. The summed E-state index contributed by atoms with van der Waals surface area (Å²) in [5, 5.41) is 8.72. The minimum atomic E-state index is -0.394. The molecule has 0 spiro atoms. The summed E-state index contributed by atoms with van der Waals surface area (Å²) in [7, 11) is 0. The van der Waals surface area contributed by atoms with Gasteiger partial charge in [0.1, 0.15) is 11.6 Å². The van der Waals surface area contributed by atoms with Gasteiger partial charge in [0.25, 0.3) is 5.91 Å². The van der Waals surface area contributed by atoms with Crippen molar-refractivity contribution in [2.75, 3.05) is 44.5 Å². The van der Waals surface area contributed by atoms with Crippen molar-refractivity contribution in [1.82, 2.24) is 15.1 Å². The van der Waals surface area contributed by atoms with E-state index in [9.17, 15) is 9.18 Å². The molecule has 8 nitrogen and oxygen atoms in total. The van der Waals surface area contributed by atoms with Crippen LogP contribution in [0.1, 0.15) is 0 Å². The lowest BCUT2D eigenvalue weighted by Gasteiger charge is -2.35. The molecule has 0 atom stereocenters. The van der Waals surface area contributed by atoms with Crippen LogP contribution in [0.15, 0.2) is 54.6 Å². The summed E-state index contributed by atoms with van der Waals surface area (Å²) in [6.07, 6.45) is 0. The molecule has 0 saturated carbocycles. The third kappa shape index (κ3) is 4.27. The Morgan fingerprint density at radius 1 is 0.969 bits per heavy atom. The monoisotopic (exact) mass is 436 g/mol. The van der Waals surface area contributed by atoms with Crippen molar-refractivity contribution in [3.05, 3.63) is 60.4 Å². The summed E-state index contributed by atoms with van der Waals surface area (Å²) in [6.45, 7) is 2.50. The fraction of sp³-hybridized carbons (Fsp3) is 0.261. The topological polar surface area (TPSA) is 77.0 Å². The van der Waals surface area contributed by atoms with E-state index in [2.05, 4.69) is 15.1 Å². The number of carbonyl (C=O) groups excluding carboxylic acids is 1. The molecule has 0 bridgehead atoms. The Morgan fingerprint density at radius 2 is 1.81 bits per heavy atom. The standard InChI is InChI=1S/C23H21FN4O4/c24-17-2-1-3-18(13-17)30-14-23(29)28-10-8-27(9-11-28)22-7-5-19(25-26-22)16-4-6-20-21(12-16)32-15-31-20/h1-7,12-13H,8-11,14-15H2. The molecule has 2 aliphatic heterocycles. The van der Waals surface area contributed by atoms with Crippen LogP contribution in [-0.2, 0) is 4.79 Å². The van der Waals surface area contributed by atoms with Gasteiger partial charge in [0.15, 0.2) is 23.9 Å². The van der Waals surface area contributed by atoms with E-state index in [1.54, 1.807) is 17.0 Å². The van der Waals surface area contributed by atoms with Crippen LogP contribution in [0.4, 0.5) is 10.2 Å². The fourth-order valence-corrected chi connectivity index (χ4v) is 3.68. The van der Waals surface area contributed by atoms with Gasteiger partial charge in [-0.2, -0.15) is 0 Å². The highest BCUT2D eigenvalue weighted by molar-refractivity contribution is 5.78. The maximum Gasteiger partial charge on any atom is 0.260 e. The first kappa shape index (κ1) is 20.0. The Hall–Kier alpha value is -3.88. The zero-order chi connectivity index (χ0) is 21.9. The highest BCUT2D eigenvalue weighted by Crippen LogP contribution is 2.35. The molecule has 1 amide bonds. The minimum absolute atomic E-state index is 0.118. The van der Waals surface area contributed by atoms with Gasteiger partial charge >= 0.3 is 0 Å². The molecule has 0 N–H and O–H groups in total. The number of anilines is 1. The smallest absolute Gasteiger partial charge is 0.260 e. The zero-order valence-corrected chi connectivity index (χ0v) is 17.2. The molecule has 1 fully saturated rings. The zero-order valence-electron chi connectivity index (χ0n) is 17.2. The number of nitrogens with zero attached hydrogens (tertiary/aromatic N) is 4. The Labute approximate surface area is 184 Å². The van der Waals surface area contributed by atoms with Gasteiger partial charge in [-0.15, -0.1) is 10.2 Å². The highest BCUT2D eigenvalue weighted by atomic mass is 19.1. The molecule has 0 aliphatic carbocycles. The van der Waals surface area contributed by atoms with Gasteiger partial charge in [0, 0.05) is 37.8 Å². The summed E-state index contributed by atoms with van der Waals surface area (Å²) in [4.78, 5) is 16.3. The summed E-state index contributed by atoms with van der Waals surface area (Å²) in [5.74, 6) is 2.02. The minimum Gasteiger partial charge on any atom is -0.484 e. The predicted octanol–water partition coefficient (Wildman–Crippen LogP) is 2.74. The molecule has 0 unspecified atom stereocenters. The molecule has 9 heteroatoms. The predicted molar refractivity (Wildman–Crippen MR) is 114 cm³/mol. The summed E-state index contributed by atoms with van der Waals surface area (Å²) < 4.78 is 29.4. The summed E-state index contributed by atoms with van der Waals surface area (Å²) >= 11 is 0. The maximum atomic E-state index is 13.2. The van der Waals surface area contributed by atoms with Crippen LogP contribution in [0.2, 0.25) is 0 Å². The van der Waals surface area contributed by atoms with Crippen LogP contribution in [0.3, 0.4) is 0 Å². The van der Waals surface area contributed by atoms with Crippen molar-refractivity contribution >= 4 is 11.7 Å². The number of rotatable bonds is 5. The molecule has 1 saturated heterocycles. The summed E-state index contributed by atoms with van der Waals surface area (Å²) in [5.41, 5.74) is 1.65. The Morgan fingerprint density at radius 3 is 2.59 bits per heavy atom. The Balaban J connectivity index is 1.15. The van der Waals surface area contributed by atoms with Gasteiger partial charge in [0.05, 0.1) is 5.69 Å². The SMILES string of the molecule is O=C(COc1cccc(F)c1)N1CCN(c2ccc(-c3ccc4c(c3)OCO4)nn2)CC1. The van der Waals surface area contributed by atoms with Gasteiger partial charge < -0.3 is 24.0 Å². The second-order valence-electron chi connectivity index (χ2n) is 7.46. The number of piperazine rings is 1. The van der Waals surface area contributed by atoms with E-state index < -0.39 is 5.82 Å². The molecule has 1 aromatic heterocycles. The molecule has 2 aromatic carbocycles. The van der Waals surface area contributed by atoms with Crippen molar-refractivity contribution in [2.45, 2.75) is 0 Å². The van der Waals surface area contributed by atoms with E-state index in [1.165, 1.54) is 12.1 Å². The van der Waals surface area contributed by atoms with Crippen molar-refractivity contribution < 1.29 is 23.4 Å². The largest absolute Gasteiger partial charge is 0.484 e. The fourth-order valence-electron chi connectivity index (χ4n) is 3.68. The van der Waals surface area contributed by atoms with Gasteiger partial charge in [-0.3, -0.25) is 4.79 Å².